The van der Waals surface area contributed by atoms with Crippen LogP contribution in [0.15, 0.2) is 72.8 Å². The smallest absolute Gasteiger partial charge is 0.222 e. The van der Waals surface area contributed by atoms with Gasteiger partial charge in [0.2, 0.25) is 5.91 Å². The van der Waals surface area contributed by atoms with Crippen molar-refractivity contribution >= 4 is 23.2 Å². The van der Waals surface area contributed by atoms with Gasteiger partial charge in [0.1, 0.15) is 18.2 Å². The van der Waals surface area contributed by atoms with E-state index in [1.165, 1.54) is 12.1 Å². The van der Waals surface area contributed by atoms with Gasteiger partial charge in [0.25, 0.3) is 0 Å². The van der Waals surface area contributed by atoms with Crippen molar-refractivity contribution in [2.24, 2.45) is 0 Å². The van der Waals surface area contributed by atoms with Crippen molar-refractivity contribution in [1.82, 2.24) is 5.32 Å². The highest BCUT2D eigenvalue weighted by molar-refractivity contribution is 6.31. The number of hydrogen-bond acceptors (Lipinski definition) is 3. The Balaban J connectivity index is 1.48. The highest BCUT2D eigenvalue weighted by Crippen LogP contribution is 2.37. The zero-order chi connectivity index (χ0) is 20.9. The maximum atomic E-state index is 13.1. The highest BCUT2D eigenvalue weighted by atomic mass is 35.5. The van der Waals surface area contributed by atoms with Gasteiger partial charge >= 0.3 is 0 Å². The summed E-state index contributed by atoms with van der Waals surface area (Å²) in [6.45, 7) is 1.41. The second-order valence-electron chi connectivity index (χ2n) is 7.30. The molecule has 0 saturated heterocycles. The van der Waals surface area contributed by atoms with Gasteiger partial charge in [0, 0.05) is 18.1 Å². The number of ether oxygens (including phenoxy) is 1. The molecular weight excluding hydrogens is 403 g/mol. The monoisotopic (exact) mass is 424 g/mol. The average molecular weight is 425 g/mol. The number of fused-ring (bicyclic) bond motifs is 1. The molecule has 154 valence electrons. The maximum Gasteiger partial charge on any atom is 0.222 e. The second kappa shape index (κ2) is 9.18. The summed E-state index contributed by atoms with van der Waals surface area (Å²) in [5, 5.41) is 3.54. The second-order valence-corrected chi connectivity index (χ2v) is 7.73. The third-order valence-corrected chi connectivity index (χ3v) is 5.36. The van der Waals surface area contributed by atoms with Crippen LogP contribution in [0.2, 0.25) is 5.02 Å². The van der Waals surface area contributed by atoms with Crippen molar-refractivity contribution in [1.29, 1.82) is 0 Å². The predicted octanol–water partition coefficient (Wildman–Crippen LogP) is 4.95. The van der Waals surface area contributed by atoms with Crippen LogP contribution in [0, 0.1) is 5.82 Å². The normalized spacial score (nSPS) is 15.3. The number of amides is 1. The van der Waals surface area contributed by atoms with Gasteiger partial charge in [-0.2, -0.15) is 0 Å². The van der Waals surface area contributed by atoms with Gasteiger partial charge < -0.3 is 15.0 Å². The number of nitrogens with zero attached hydrogens (tertiary/aromatic N) is 1. The highest BCUT2D eigenvalue weighted by Gasteiger charge is 2.29. The van der Waals surface area contributed by atoms with E-state index >= 15 is 0 Å². The lowest BCUT2D eigenvalue weighted by atomic mass is 10.1. The van der Waals surface area contributed by atoms with Crippen LogP contribution in [0.3, 0.4) is 0 Å². The van der Waals surface area contributed by atoms with E-state index in [1.807, 2.05) is 30.3 Å². The quantitative estimate of drug-likeness (QED) is 0.608. The van der Waals surface area contributed by atoms with E-state index < -0.39 is 0 Å². The van der Waals surface area contributed by atoms with E-state index in [9.17, 15) is 9.18 Å². The summed E-state index contributed by atoms with van der Waals surface area (Å²) in [7, 11) is 0. The molecule has 0 aromatic heterocycles. The number of nitrogens with one attached hydrogen (secondary N) is 1. The van der Waals surface area contributed by atoms with Crippen molar-refractivity contribution in [2.45, 2.75) is 25.6 Å². The molecule has 1 amide bonds. The van der Waals surface area contributed by atoms with Crippen molar-refractivity contribution < 1.29 is 13.9 Å². The molecule has 1 atom stereocenters. The Labute approximate surface area is 180 Å². The summed E-state index contributed by atoms with van der Waals surface area (Å²) >= 11 is 6.24. The summed E-state index contributed by atoms with van der Waals surface area (Å²) in [6.07, 6.45) is 0.278. The molecule has 1 heterocycles. The number of hydrogen-bond donors (Lipinski definition) is 1. The first kappa shape index (κ1) is 20.2. The summed E-state index contributed by atoms with van der Waals surface area (Å²) in [4.78, 5) is 14.8. The molecule has 1 N–H and O–H groups in total. The van der Waals surface area contributed by atoms with E-state index in [4.69, 9.17) is 16.3 Å². The molecular formula is C24H22ClFN2O2. The van der Waals surface area contributed by atoms with Crippen molar-refractivity contribution in [2.75, 3.05) is 11.5 Å². The minimum atomic E-state index is -0.293. The van der Waals surface area contributed by atoms with Crippen molar-refractivity contribution in [3.05, 3.63) is 94.8 Å². The molecule has 1 aliphatic heterocycles. The van der Waals surface area contributed by atoms with Crippen molar-refractivity contribution in [3.63, 3.8) is 0 Å². The Bertz CT molecular complexity index is 1010. The topological polar surface area (TPSA) is 41.6 Å². The Hall–Kier alpha value is -3.05. The van der Waals surface area contributed by atoms with Gasteiger partial charge in [-0.05, 0) is 41.5 Å². The van der Waals surface area contributed by atoms with Crippen LogP contribution in [-0.4, -0.2) is 18.6 Å². The lowest BCUT2D eigenvalue weighted by Gasteiger charge is -2.38. The number of carbonyl (C=O) groups is 1. The van der Waals surface area contributed by atoms with Gasteiger partial charge in [-0.1, -0.05) is 54.1 Å². The fourth-order valence-corrected chi connectivity index (χ4v) is 3.73. The number of anilines is 1. The van der Waals surface area contributed by atoms with E-state index in [-0.39, 0.29) is 24.2 Å². The molecule has 3 aromatic carbocycles. The van der Waals surface area contributed by atoms with Crippen LogP contribution in [0.1, 0.15) is 17.5 Å². The van der Waals surface area contributed by atoms with Gasteiger partial charge in [0.05, 0.1) is 18.2 Å². The lowest BCUT2D eigenvalue weighted by Crippen LogP contribution is -2.45. The molecule has 0 fully saturated rings. The number of halogens is 2. The standard InChI is InChI=1S/C24H22ClFN2O2/c25-19-8-11-23-22(12-19)28(15-18-4-2-1-3-5-18)21(16-30-23)13-24(29)27-14-17-6-9-20(26)10-7-17/h1-12,21H,13-16H2,(H,27,29)/t21-/m0/s1. The fourth-order valence-electron chi connectivity index (χ4n) is 3.56. The summed E-state index contributed by atoms with van der Waals surface area (Å²) in [5.41, 5.74) is 2.87. The molecule has 6 heteroatoms. The van der Waals surface area contributed by atoms with E-state index in [0.29, 0.717) is 24.7 Å². The molecule has 4 nitrogen and oxygen atoms in total. The summed E-state index contributed by atoms with van der Waals surface area (Å²) < 4.78 is 19.0. The largest absolute Gasteiger partial charge is 0.489 e. The molecule has 1 aliphatic rings. The molecule has 0 aliphatic carbocycles. The van der Waals surface area contributed by atoms with Crippen LogP contribution in [-0.2, 0) is 17.9 Å². The van der Waals surface area contributed by atoms with E-state index in [0.717, 1.165) is 22.6 Å². The molecule has 0 unspecified atom stereocenters. The third-order valence-electron chi connectivity index (χ3n) is 5.12. The third kappa shape index (κ3) is 4.92. The van der Waals surface area contributed by atoms with Gasteiger partial charge in [-0.15, -0.1) is 0 Å². The first-order valence-corrected chi connectivity index (χ1v) is 10.2. The first-order valence-electron chi connectivity index (χ1n) is 9.82. The molecule has 0 radical (unpaired) electrons. The fraction of sp³-hybridized carbons (Fsp3) is 0.208. The van der Waals surface area contributed by atoms with Crippen LogP contribution in [0.25, 0.3) is 0 Å². The average Bonchev–Trinajstić information content (AvgIpc) is 2.76. The molecule has 0 bridgehead atoms. The Morgan fingerprint density at radius 2 is 1.83 bits per heavy atom. The summed E-state index contributed by atoms with van der Waals surface area (Å²) in [5.74, 6) is 0.382. The minimum absolute atomic E-state index is 0.0866. The van der Waals surface area contributed by atoms with Crippen LogP contribution >= 0.6 is 11.6 Å². The number of benzene rings is 3. The molecule has 4 rings (SSSR count). The maximum absolute atomic E-state index is 13.1. The number of rotatable bonds is 6. The number of carbonyl (C=O) groups excluding carboxylic acids is 1. The zero-order valence-electron chi connectivity index (χ0n) is 16.4. The van der Waals surface area contributed by atoms with Gasteiger partial charge in [-0.25, -0.2) is 4.39 Å². The van der Waals surface area contributed by atoms with E-state index in [1.54, 1.807) is 18.2 Å². The molecule has 0 saturated carbocycles. The lowest BCUT2D eigenvalue weighted by molar-refractivity contribution is -0.121. The Morgan fingerprint density at radius 1 is 1.07 bits per heavy atom. The Kier molecular flexibility index (Phi) is 6.19. The first-order chi connectivity index (χ1) is 14.6. The van der Waals surface area contributed by atoms with Gasteiger partial charge in [0.15, 0.2) is 0 Å². The summed E-state index contributed by atoms with van der Waals surface area (Å²) in [6, 6.07) is 21.6. The molecule has 30 heavy (non-hydrogen) atoms. The predicted molar refractivity (Wildman–Crippen MR) is 116 cm³/mol. The molecule has 0 spiro atoms. The van der Waals surface area contributed by atoms with Crippen molar-refractivity contribution in [3.8, 4) is 5.75 Å². The van der Waals surface area contributed by atoms with Crippen LogP contribution in [0.4, 0.5) is 10.1 Å². The van der Waals surface area contributed by atoms with Gasteiger partial charge in [-0.3, -0.25) is 4.79 Å². The Morgan fingerprint density at radius 3 is 2.60 bits per heavy atom. The SMILES string of the molecule is O=C(C[C@H]1COc2ccc(Cl)cc2N1Cc1ccccc1)NCc1ccc(F)cc1. The zero-order valence-corrected chi connectivity index (χ0v) is 17.1. The molecule has 3 aromatic rings. The van der Waals surface area contributed by atoms with E-state index in [2.05, 4.69) is 22.3 Å². The minimum Gasteiger partial charge on any atom is -0.489 e. The van der Waals surface area contributed by atoms with Crippen LogP contribution in [0.5, 0.6) is 5.75 Å². The van der Waals surface area contributed by atoms with Crippen LogP contribution < -0.4 is 15.0 Å².